The van der Waals surface area contributed by atoms with Crippen LogP contribution in [0.3, 0.4) is 0 Å². The number of benzene rings is 2. The molecule has 0 spiro atoms. The molecule has 0 saturated heterocycles. The summed E-state index contributed by atoms with van der Waals surface area (Å²) in [6.45, 7) is 0.507. The molecule has 0 radical (unpaired) electrons. The lowest BCUT2D eigenvalue weighted by molar-refractivity contribution is -0.115. The van der Waals surface area contributed by atoms with Gasteiger partial charge >= 0.3 is 0 Å². The van der Waals surface area contributed by atoms with Crippen molar-refractivity contribution in [1.82, 2.24) is 0 Å². The van der Waals surface area contributed by atoms with Crippen LogP contribution in [-0.4, -0.2) is 12.5 Å². The second kappa shape index (κ2) is 4.85. The second-order valence-electron chi connectivity index (χ2n) is 4.74. The highest BCUT2D eigenvalue weighted by Crippen LogP contribution is 2.30. The number of rotatable bonds is 2. The van der Waals surface area contributed by atoms with Gasteiger partial charge < -0.3 is 16.0 Å². The van der Waals surface area contributed by atoms with Crippen LogP contribution in [0.25, 0.3) is 0 Å². The zero-order valence-corrected chi connectivity index (χ0v) is 10.8. The lowest BCUT2D eigenvalue weighted by Gasteiger charge is -2.31. The molecule has 4 nitrogen and oxygen atoms in total. The van der Waals surface area contributed by atoms with E-state index in [2.05, 4.69) is 5.32 Å². The summed E-state index contributed by atoms with van der Waals surface area (Å²) in [7, 11) is 0. The maximum atomic E-state index is 14.0. The Morgan fingerprint density at radius 2 is 2.00 bits per heavy atom. The van der Waals surface area contributed by atoms with Crippen LogP contribution in [0.5, 0.6) is 0 Å². The summed E-state index contributed by atoms with van der Waals surface area (Å²) in [6, 6.07) is 12.4. The van der Waals surface area contributed by atoms with Crippen LogP contribution in [0.1, 0.15) is 5.56 Å². The van der Waals surface area contributed by atoms with E-state index in [0.717, 1.165) is 11.4 Å². The van der Waals surface area contributed by atoms with E-state index < -0.39 is 5.82 Å². The summed E-state index contributed by atoms with van der Waals surface area (Å²) in [5.41, 5.74) is 7.81. The molecule has 1 heterocycles. The van der Waals surface area contributed by atoms with Crippen LogP contribution < -0.4 is 16.0 Å². The van der Waals surface area contributed by atoms with Gasteiger partial charge in [0.2, 0.25) is 5.91 Å². The number of fused-ring (bicyclic) bond motifs is 1. The first-order valence-corrected chi connectivity index (χ1v) is 6.32. The lowest BCUT2D eigenvalue weighted by atomic mass is 10.1. The van der Waals surface area contributed by atoms with Crippen LogP contribution in [0.15, 0.2) is 42.5 Å². The van der Waals surface area contributed by atoms with Crippen LogP contribution >= 0.6 is 0 Å². The van der Waals surface area contributed by atoms with E-state index in [9.17, 15) is 9.18 Å². The van der Waals surface area contributed by atoms with E-state index in [4.69, 9.17) is 5.73 Å². The second-order valence-corrected chi connectivity index (χ2v) is 4.74. The van der Waals surface area contributed by atoms with Gasteiger partial charge in [-0.15, -0.1) is 0 Å². The maximum absolute atomic E-state index is 14.0. The summed E-state index contributed by atoms with van der Waals surface area (Å²) in [5, 5.41) is 2.80. The third-order valence-electron chi connectivity index (χ3n) is 3.32. The molecule has 3 N–H and O–H groups in total. The van der Waals surface area contributed by atoms with Crippen molar-refractivity contribution in [2.75, 3.05) is 22.5 Å². The third-order valence-corrected chi connectivity index (χ3v) is 3.32. The van der Waals surface area contributed by atoms with Gasteiger partial charge in [0.25, 0.3) is 0 Å². The molecule has 0 unspecified atom stereocenters. The summed E-state index contributed by atoms with van der Waals surface area (Å²) in [5.74, 6) is -0.524. The number of amides is 1. The van der Waals surface area contributed by atoms with Gasteiger partial charge in [0, 0.05) is 12.1 Å². The number of halogens is 1. The Bertz CT molecular complexity index is 672. The maximum Gasteiger partial charge on any atom is 0.243 e. The summed E-state index contributed by atoms with van der Waals surface area (Å²) >= 11 is 0. The van der Waals surface area contributed by atoms with Crippen molar-refractivity contribution in [3.8, 4) is 0 Å². The van der Waals surface area contributed by atoms with E-state index in [1.807, 2.05) is 29.2 Å². The Labute approximate surface area is 116 Å². The largest absolute Gasteiger partial charge is 0.396 e. The fourth-order valence-corrected chi connectivity index (χ4v) is 2.37. The number of nitrogens with one attached hydrogen (secondary N) is 1. The molecule has 102 valence electrons. The average Bonchev–Trinajstić information content (AvgIpc) is 2.43. The SMILES string of the molecule is Nc1cccc(CN2CC(=O)Nc3ccccc32)c1F. The van der Waals surface area contributed by atoms with Crippen molar-refractivity contribution in [3.63, 3.8) is 0 Å². The van der Waals surface area contributed by atoms with E-state index in [1.54, 1.807) is 12.1 Å². The van der Waals surface area contributed by atoms with Gasteiger partial charge in [-0.25, -0.2) is 4.39 Å². The van der Waals surface area contributed by atoms with E-state index in [0.29, 0.717) is 12.1 Å². The molecule has 0 aliphatic carbocycles. The number of anilines is 3. The van der Waals surface area contributed by atoms with Crippen molar-refractivity contribution in [3.05, 3.63) is 53.8 Å². The minimum absolute atomic E-state index is 0.104. The highest BCUT2D eigenvalue weighted by atomic mass is 19.1. The van der Waals surface area contributed by atoms with Gasteiger partial charge in [0.1, 0.15) is 0 Å². The molecule has 20 heavy (non-hydrogen) atoms. The number of nitrogens with zero attached hydrogens (tertiary/aromatic N) is 1. The number of nitrogen functional groups attached to an aromatic ring is 1. The Hall–Kier alpha value is -2.56. The summed E-state index contributed by atoms with van der Waals surface area (Å²) in [4.78, 5) is 13.5. The standard InChI is InChI=1S/C15H14FN3O/c16-15-10(4-3-5-11(15)17)8-19-9-14(20)18-12-6-1-2-7-13(12)19/h1-7H,8-9,17H2,(H,18,20). The summed E-state index contributed by atoms with van der Waals surface area (Å²) < 4.78 is 14.0. The van der Waals surface area contributed by atoms with Crippen molar-refractivity contribution in [2.45, 2.75) is 6.54 Å². The Balaban J connectivity index is 1.95. The molecule has 3 rings (SSSR count). The smallest absolute Gasteiger partial charge is 0.243 e. The Morgan fingerprint density at radius 1 is 1.20 bits per heavy atom. The highest BCUT2D eigenvalue weighted by Gasteiger charge is 2.22. The topological polar surface area (TPSA) is 58.4 Å². The van der Waals surface area contributed by atoms with Crippen molar-refractivity contribution in [2.24, 2.45) is 0 Å². The predicted octanol–water partition coefficient (Wildman–Crippen LogP) is 2.37. The Morgan fingerprint density at radius 3 is 2.85 bits per heavy atom. The molecular weight excluding hydrogens is 257 g/mol. The fraction of sp³-hybridized carbons (Fsp3) is 0.133. The van der Waals surface area contributed by atoms with E-state index in [1.165, 1.54) is 6.07 Å². The molecule has 0 fully saturated rings. The number of carbonyl (C=O) groups excluding carboxylic acids is 1. The molecule has 0 saturated carbocycles. The number of nitrogens with two attached hydrogens (primary N) is 1. The number of para-hydroxylation sites is 2. The first-order chi connectivity index (χ1) is 9.65. The zero-order valence-electron chi connectivity index (χ0n) is 10.8. The Kier molecular flexibility index (Phi) is 3.02. The predicted molar refractivity (Wildman–Crippen MR) is 76.9 cm³/mol. The minimum atomic E-state index is -0.420. The first kappa shape index (κ1) is 12.5. The van der Waals surface area contributed by atoms with E-state index >= 15 is 0 Å². The third kappa shape index (κ3) is 2.18. The average molecular weight is 271 g/mol. The van der Waals surface area contributed by atoms with E-state index in [-0.39, 0.29) is 18.1 Å². The molecule has 1 amide bonds. The molecule has 0 bridgehead atoms. The van der Waals surface area contributed by atoms with Gasteiger partial charge in [0.05, 0.1) is 23.6 Å². The van der Waals surface area contributed by atoms with Crippen LogP contribution in [0.4, 0.5) is 21.5 Å². The molecule has 1 aliphatic rings. The van der Waals surface area contributed by atoms with Crippen molar-refractivity contribution < 1.29 is 9.18 Å². The normalized spacial score (nSPS) is 13.8. The highest BCUT2D eigenvalue weighted by molar-refractivity contribution is 6.01. The molecular formula is C15H14FN3O. The monoisotopic (exact) mass is 271 g/mol. The summed E-state index contributed by atoms with van der Waals surface area (Å²) in [6.07, 6.45) is 0. The van der Waals surface area contributed by atoms with Gasteiger partial charge in [-0.2, -0.15) is 0 Å². The van der Waals surface area contributed by atoms with Crippen LogP contribution in [-0.2, 0) is 11.3 Å². The first-order valence-electron chi connectivity index (χ1n) is 6.32. The lowest BCUT2D eigenvalue weighted by Crippen LogP contribution is -2.37. The number of carbonyl (C=O) groups is 1. The van der Waals surface area contributed by atoms with Crippen LogP contribution in [0, 0.1) is 5.82 Å². The molecule has 2 aromatic rings. The fourth-order valence-electron chi connectivity index (χ4n) is 2.37. The minimum Gasteiger partial charge on any atom is -0.396 e. The molecule has 1 aliphatic heterocycles. The molecule has 2 aromatic carbocycles. The number of hydrogen-bond donors (Lipinski definition) is 2. The van der Waals surface area contributed by atoms with Gasteiger partial charge in [-0.3, -0.25) is 4.79 Å². The van der Waals surface area contributed by atoms with Gasteiger partial charge in [0.15, 0.2) is 5.82 Å². The number of hydrogen-bond acceptors (Lipinski definition) is 3. The van der Waals surface area contributed by atoms with Gasteiger partial charge in [-0.1, -0.05) is 24.3 Å². The zero-order chi connectivity index (χ0) is 14.1. The van der Waals surface area contributed by atoms with Gasteiger partial charge in [-0.05, 0) is 18.2 Å². The van der Waals surface area contributed by atoms with Crippen molar-refractivity contribution in [1.29, 1.82) is 0 Å². The molecule has 0 aromatic heterocycles. The quantitative estimate of drug-likeness (QED) is 0.824. The van der Waals surface area contributed by atoms with Crippen molar-refractivity contribution >= 4 is 23.0 Å². The van der Waals surface area contributed by atoms with Crippen LogP contribution in [0.2, 0.25) is 0 Å². The molecule has 0 atom stereocenters. The molecule has 5 heteroatoms.